The second-order valence-electron chi connectivity index (χ2n) is 5.04. The van der Waals surface area contributed by atoms with Crippen LogP contribution in [0.25, 0.3) is 0 Å². The zero-order chi connectivity index (χ0) is 14.0. The van der Waals surface area contributed by atoms with Crippen molar-refractivity contribution in [2.45, 2.75) is 32.6 Å². The Morgan fingerprint density at radius 2 is 1.35 bits per heavy atom. The van der Waals surface area contributed by atoms with Gasteiger partial charge in [-0.3, -0.25) is 0 Å². The van der Waals surface area contributed by atoms with Crippen molar-refractivity contribution in [3.63, 3.8) is 0 Å². The van der Waals surface area contributed by atoms with E-state index in [0.29, 0.717) is 0 Å². The molecule has 1 heteroatoms. The summed E-state index contributed by atoms with van der Waals surface area (Å²) >= 11 is 0. The van der Waals surface area contributed by atoms with Crippen LogP contribution in [0.1, 0.15) is 32.6 Å². The van der Waals surface area contributed by atoms with Gasteiger partial charge < -0.3 is 0 Å². The molecule has 0 aliphatic heterocycles. The number of allylic oxidation sites excluding steroid dienone is 1. The monoisotopic (exact) mass is 279 g/mol. The van der Waals surface area contributed by atoms with Crippen LogP contribution >= 0.6 is 0 Å². The van der Waals surface area contributed by atoms with Crippen molar-refractivity contribution in [2.75, 3.05) is 0 Å². The maximum atomic E-state index is 2.46. The summed E-state index contributed by atoms with van der Waals surface area (Å²) < 4.78 is 0. The van der Waals surface area contributed by atoms with E-state index < -0.39 is 8.80 Å². The zero-order valence-electron chi connectivity index (χ0n) is 12.3. The third-order valence-electron chi connectivity index (χ3n) is 3.43. The van der Waals surface area contributed by atoms with Gasteiger partial charge in [-0.1, -0.05) is 103 Å². The molecule has 0 amide bonds. The Labute approximate surface area is 124 Å². The van der Waals surface area contributed by atoms with Crippen molar-refractivity contribution in [1.29, 1.82) is 0 Å². The van der Waals surface area contributed by atoms with E-state index in [2.05, 4.69) is 79.4 Å². The quantitative estimate of drug-likeness (QED) is 0.531. The van der Waals surface area contributed by atoms with E-state index >= 15 is 0 Å². The van der Waals surface area contributed by atoms with Crippen LogP contribution in [0.3, 0.4) is 0 Å². The van der Waals surface area contributed by atoms with E-state index in [0.717, 1.165) is 0 Å². The van der Waals surface area contributed by atoms with Crippen molar-refractivity contribution in [2.24, 2.45) is 0 Å². The number of hydrogen-bond acceptors (Lipinski definition) is 0. The average Bonchev–Trinajstić information content (AvgIpc) is 2.53. The van der Waals surface area contributed by atoms with Gasteiger partial charge in [0, 0.05) is 0 Å². The summed E-state index contributed by atoms with van der Waals surface area (Å²) in [6.45, 7) is 2.26. The van der Waals surface area contributed by atoms with E-state index in [1.807, 2.05) is 0 Å². The normalized spacial score (nSPS) is 11.3. The summed E-state index contributed by atoms with van der Waals surface area (Å²) in [6.07, 6.45) is 7.55. The third-order valence-corrected chi connectivity index (χ3v) is 5.91. The molecule has 0 saturated carbocycles. The second-order valence-corrected chi connectivity index (χ2v) is 7.36. The van der Waals surface area contributed by atoms with Crippen LogP contribution in [0.5, 0.6) is 0 Å². The Morgan fingerprint density at radius 1 is 0.800 bits per heavy atom. The van der Waals surface area contributed by atoms with Crippen LogP contribution in [0, 0.1) is 0 Å². The predicted octanol–water partition coefficient (Wildman–Crippen LogP) is 3.97. The Balaban J connectivity index is 2.13. The molecule has 103 valence electrons. The number of hydrogen-bond donors (Lipinski definition) is 0. The van der Waals surface area contributed by atoms with Gasteiger partial charge in [-0.05, 0) is 12.8 Å². The van der Waals surface area contributed by atoms with Crippen LogP contribution in [0.15, 0.2) is 72.4 Å². The van der Waals surface area contributed by atoms with Gasteiger partial charge in [0.1, 0.15) is 8.80 Å². The Hall–Kier alpha value is -1.60. The van der Waals surface area contributed by atoms with Gasteiger partial charge in [0.2, 0.25) is 0 Å². The first kappa shape index (κ1) is 14.8. The van der Waals surface area contributed by atoms with Crippen molar-refractivity contribution in [1.82, 2.24) is 0 Å². The van der Waals surface area contributed by atoms with E-state index in [1.54, 1.807) is 0 Å². The maximum Gasteiger partial charge on any atom is 0.146 e. The molecule has 0 atom stereocenters. The van der Waals surface area contributed by atoms with Crippen LogP contribution in [-0.2, 0) is 0 Å². The molecular weight excluding hydrogens is 256 g/mol. The highest BCUT2D eigenvalue weighted by atomic mass is 28.3. The van der Waals surface area contributed by atoms with Crippen molar-refractivity contribution in [3.05, 3.63) is 72.4 Å². The van der Waals surface area contributed by atoms with Crippen LogP contribution < -0.4 is 10.4 Å². The molecule has 20 heavy (non-hydrogen) atoms. The van der Waals surface area contributed by atoms with Gasteiger partial charge in [-0.25, -0.2) is 0 Å². The Bertz CT molecular complexity index is 462. The van der Waals surface area contributed by atoms with Crippen LogP contribution in [-0.4, -0.2) is 8.80 Å². The average molecular weight is 279 g/mol. The lowest BCUT2D eigenvalue weighted by Crippen LogP contribution is -2.40. The summed E-state index contributed by atoms with van der Waals surface area (Å²) in [4.78, 5) is 0. The number of benzene rings is 2. The summed E-state index contributed by atoms with van der Waals surface area (Å²) in [5, 5.41) is 2.94. The smallest absolute Gasteiger partial charge is 0.0919 e. The number of unbranched alkanes of at least 4 members (excludes halogenated alkanes) is 3. The SMILES string of the molecule is CCCCC/C=C/[Si](c1ccccc1)c1ccccc1. The fourth-order valence-corrected chi connectivity index (χ4v) is 4.53. The van der Waals surface area contributed by atoms with Crippen LogP contribution in [0.2, 0.25) is 0 Å². The first-order valence-corrected chi connectivity index (χ1v) is 9.14. The first-order valence-electron chi connectivity index (χ1n) is 7.56. The lowest BCUT2D eigenvalue weighted by molar-refractivity contribution is 0.729. The summed E-state index contributed by atoms with van der Waals surface area (Å²) in [5.41, 5.74) is 2.46. The minimum Gasteiger partial charge on any atom is -0.0919 e. The van der Waals surface area contributed by atoms with Crippen LogP contribution in [0.4, 0.5) is 0 Å². The summed E-state index contributed by atoms with van der Waals surface area (Å²) in [5.74, 6) is 0. The molecule has 2 aromatic rings. The molecule has 0 fully saturated rings. The standard InChI is InChI=1S/C19H23Si/c1-2-3-4-5-12-17-20(18-13-8-6-9-14-18)19-15-10-7-11-16-19/h6-17H,2-5H2,1H3/b17-12+. The van der Waals surface area contributed by atoms with E-state index in [-0.39, 0.29) is 0 Å². The molecule has 0 nitrogen and oxygen atoms in total. The molecule has 0 saturated heterocycles. The van der Waals surface area contributed by atoms with Crippen molar-refractivity contribution >= 4 is 19.2 Å². The maximum absolute atomic E-state index is 2.46. The molecule has 1 radical (unpaired) electrons. The molecule has 0 N–H and O–H groups in total. The van der Waals surface area contributed by atoms with Crippen molar-refractivity contribution in [3.8, 4) is 0 Å². The molecule has 2 rings (SSSR count). The van der Waals surface area contributed by atoms with E-state index in [1.165, 1.54) is 36.1 Å². The predicted molar refractivity (Wildman–Crippen MR) is 91.2 cm³/mol. The lowest BCUT2D eigenvalue weighted by atomic mass is 10.2. The first-order chi connectivity index (χ1) is 9.92. The molecule has 0 aliphatic rings. The molecular formula is C19H23Si. The van der Waals surface area contributed by atoms with E-state index in [4.69, 9.17) is 0 Å². The summed E-state index contributed by atoms with van der Waals surface area (Å²) in [7, 11) is -0.767. The Kier molecular flexibility index (Phi) is 6.32. The molecule has 0 aromatic heterocycles. The van der Waals surface area contributed by atoms with Gasteiger partial charge >= 0.3 is 0 Å². The highest BCUT2D eigenvalue weighted by molar-refractivity contribution is 6.89. The molecule has 0 spiro atoms. The lowest BCUT2D eigenvalue weighted by Gasteiger charge is -2.11. The number of rotatable bonds is 7. The Morgan fingerprint density at radius 3 is 1.85 bits per heavy atom. The highest BCUT2D eigenvalue weighted by Gasteiger charge is 2.12. The third kappa shape index (κ3) is 4.50. The minimum absolute atomic E-state index is 0.767. The molecule has 0 bridgehead atoms. The summed E-state index contributed by atoms with van der Waals surface area (Å²) in [6, 6.07) is 21.8. The molecule has 2 aromatic carbocycles. The molecule has 0 aliphatic carbocycles. The fourth-order valence-electron chi connectivity index (χ4n) is 2.31. The minimum atomic E-state index is -0.767. The highest BCUT2D eigenvalue weighted by Crippen LogP contribution is 2.01. The second kappa shape index (κ2) is 8.54. The van der Waals surface area contributed by atoms with E-state index in [9.17, 15) is 0 Å². The largest absolute Gasteiger partial charge is 0.146 e. The topological polar surface area (TPSA) is 0 Å². The van der Waals surface area contributed by atoms with Gasteiger partial charge in [0.15, 0.2) is 0 Å². The van der Waals surface area contributed by atoms with Gasteiger partial charge in [-0.2, -0.15) is 0 Å². The van der Waals surface area contributed by atoms with Gasteiger partial charge in [0.25, 0.3) is 0 Å². The van der Waals surface area contributed by atoms with Gasteiger partial charge in [0.05, 0.1) is 0 Å². The molecule has 0 heterocycles. The molecule has 0 unspecified atom stereocenters. The zero-order valence-corrected chi connectivity index (χ0v) is 13.3. The van der Waals surface area contributed by atoms with Crippen molar-refractivity contribution < 1.29 is 0 Å². The van der Waals surface area contributed by atoms with Gasteiger partial charge in [-0.15, -0.1) is 0 Å². The fraction of sp³-hybridized carbons (Fsp3) is 0.263.